The van der Waals surface area contributed by atoms with Crippen LogP contribution in [0.4, 0.5) is 4.39 Å². The van der Waals surface area contributed by atoms with E-state index >= 15 is 0 Å². The Morgan fingerprint density at radius 1 is 1.60 bits per heavy atom. The molecule has 0 saturated carbocycles. The van der Waals surface area contributed by atoms with Crippen LogP contribution in [0.2, 0.25) is 0 Å². The maximum absolute atomic E-state index is 12.6. The van der Waals surface area contributed by atoms with Crippen LogP contribution in [0, 0.1) is 0 Å². The minimum Gasteiger partial charge on any atom is -0.374 e. The fourth-order valence-corrected chi connectivity index (χ4v) is 2.51. The second-order valence-electron chi connectivity index (χ2n) is 3.87. The molecule has 0 bridgehead atoms. The minimum absolute atomic E-state index is 0.230. The zero-order valence-electron chi connectivity index (χ0n) is 8.69. The molecule has 15 heavy (non-hydrogen) atoms. The summed E-state index contributed by atoms with van der Waals surface area (Å²) in [4.78, 5) is 2.28. The second-order valence-corrected chi connectivity index (χ2v) is 4.65. The van der Waals surface area contributed by atoms with Crippen LogP contribution < -0.4 is 0 Å². The predicted octanol–water partition coefficient (Wildman–Crippen LogP) is 2.31. The first-order valence-corrected chi connectivity index (χ1v) is 6.24. The van der Waals surface area contributed by atoms with E-state index in [9.17, 15) is 4.39 Å². The van der Waals surface area contributed by atoms with Crippen LogP contribution in [0.15, 0.2) is 16.8 Å². The van der Waals surface area contributed by atoms with Crippen LogP contribution in [0.1, 0.15) is 12.0 Å². The molecule has 1 aliphatic rings. The molecule has 1 aromatic rings. The van der Waals surface area contributed by atoms with Gasteiger partial charge in [0.25, 0.3) is 0 Å². The summed E-state index contributed by atoms with van der Waals surface area (Å²) in [6.07, 6.45) is 0.770. The van der Waals surface area contributed by atoms with Gasteiger partial charge in [0.05, 0.1) is 6.10 Å². The molecule has 0 N–H and O–H groups in total. The van der Waals surface area contributed by atoms with Crippen LogP contribution >= 0.6 is 11.3 Å². The number of halogens is 1. The zero-order valence-corrected chi connectivity index (χ0v) is 9.51. The number of nitrogens with zero attached hydrogens (tertiary/aromatic N) is 1. The van der Waals surface area contributed by atoms with Gasteiger partial charge in [0.1, 0.15) is 6.67 Å². The third kappa shape index (κ3) is 3.26. The summed E-state index contributed by atoms with van der Waals surface area (Å²) in [6, 6.07) is 2.13. The lowest BCUT2D eigenvalue weighted by molar-refractivity contribution is 0.0360. The number of hydrogen-bond acceptors (Lipinski definition) is 3. The average Bonchev–Trinajstić information content (AvgIpc) is 2.64. The fraction of sp³-hybridized carbons (Fsp3) is 0.636. The Morgan fingerprint density at radius 2 is 2.53 bits per heavy atom. The van der Waals surface area contributed by atoms with Crippen molar-refractivity contribution < 1.29 is 9.13 Å². The lowest BCUT2D eigenvalue weighted by Gasteiger charge is -2.21. The van der Waals surface area contributed by atoms with Crippen molar-refractivity contribution in [2.24, 2.45) is 0 Å². The summed E-state index contributed by atoms with van der Waals surface area (Å²) in [5.74, 6) is 0. The Bertz CT molecular complexity index is 278. The lowest BCUT2D eigenvalue weighted by atomic mass is 10.2. The fourth-order valence-electron chi connectivity index (χ4n) is 1.85. The molecular weight excluding hydrogens is 213 g/mol. The van der Waals surface area contributed by atoms with E-state index in [1.165, 1.54) is 5.56 Å². The molecule has 0 spiro atoms. The summed E-state index contributed by atoms with van der Waals surface area (Å²) in [6.45, 7) is 2.96. The highest BCUT2D eigenvalue weighted by Gasteiger charge is 2.18. The van der Waals surface area contributed by atoms with E-state index in [4.69, 9.17) is 4.74 Å². The third-order valence-corrected chi connectivity index (χ3v) is 3.32. The zero-order chi connectivity index (χ0) is 10.5. The number of ether oxygens (including phenoxy) is 1. The van der Waals surface area contributed by atoms with Gasteiger partial charge in [0.15, 0.2) is 0 Å². The molecule has 1 aliphatic heterocycles. The van der Waals surface area contributed by atoms with E-state index in [0.29, 0.717) is 13.2 Å². The lowest BCUT2D eigenvalue weighted by Crippen LogP contribution is -2.32. The highest BCUT2D eigenvalue weighted by molar-refractivity contribution is 7.07. The highest BCUT2D eigenvalue weighted by Crippen LogP contribution is 2.13. The summed E-state index contributed by atoms with van der Waals surface area (Å²) >= 11 is 1.71. The molecule has 1 aromatic heterocycles. The van der Waals surface area contributed by atoms with Crippen LogP contribution in [0.5, 0.6) is 0 Å². The van der Waals surface area contributed by atoms with Gasteiger partial charge < -0.3 is 4.74 Å². The van der Waals surface area contributed by atoms with E-state index in [0.717, 1.165) is 19.5 Å². The first kappa shape index (κ1) is 11.0. The van der Waals surface area contributed by atoms with Crippen molar-refractivity contribution in [1.29, 1.82) is 0 Å². The summed E-state index contributed by atoms with van der Waals surface area (Å²) in [7, 11) is 0. The van der Waals surface area contributed by atoms with Gasteiger partial charge in [0, 0.05) is 26.2 Å². The predicted molar refractivity (Wildman–Crippen MR) is 59.9 cm³/mol. The van der Waals surface area contributed by atoms with E-state index in [-0.39, 0.29) is 12.8 Å². The molecule has 0 aromatic carbocycles. The smallest absolute Gasteiger partial charge is 0.117 e. The standard InChI is InChI=1S/C11H16FNOS/c12-6-11-8-13(3-1-4-14-11)7-10-2-5-15-9-10/h2,5,9,11H,1,3-4,6-8H2/t11-/m0/s1. The van der Waals surface area contributed by atoms with Gasteiger partial charge in [-0.15, -0.1) is 0 Å². The largest absolute Gasteiger partial charge is 0.374 e. The molecule has 2 nitrogen and oxygen atoms in total. The summed E-state index contributed by atoms with van der Waals surface area (Å²) < 4.78 is 17.9. The van der Waals surface area contributed by atoms with E-state index in [1.54, 1.807) is 11.3 Å². The Labute approximate surface area is 93.7 Å². The maximum Gasteiger partial charge on any atom is 0.117 e. The van der Waals surface area contributed by atoms with Crippen LogP contribution in [0.3, 0.4) is 0 Å². The number of hydrogen-bond donors (Lipinski definition) is 0. The Kier molecular flexibility index (Phi) is 4.11. The van der Waals surface area contributed by atoms with Crippen molar-refractivity contribution in [3.05, 3.63) is 22.4 Å². The number of thiophene rings is 1. The van der Waals surface area contributed by atoms with Gasteiger partial charge >= 0.3 is 0 Å². The Morgan fingerprint density at radius 3 is 3.27 bits per heavy atom. The molecule has 0 amide bonds. The topological polar surface area (TPSA) is 12.5 Å². The normalized spacial score (nSPS) is 23.9. The van der Waals surface area contributed by atoms with Crippen molar-refractivity contribution in [3.8, 4) is 0 Å². The molecule has 1 saturated heterocycles. The molecule has 2 heterocycles. The third-order valence-electron chi connectivity index (χ3n) is 2.59. The molecule has 84 valence electrons. The van der Waals surface area contributed by atoms with Gasteiger partial charge in [0.2, 0.25) is 0 Å². The Hall–Kier alpha value is -0.450. The Balaban J connectivity index is 1.90. The number of alkyl halides is 1. The van der Waals surface area contributed by atoms with E-state index < -0.39 is 0 Å². The van der Waals surface area contributed by atoms with Gasteiger partial charge in [-0.2, -0.15) is 11.3 Å². The van der Waals surface area contributed by atoms with Gasteiger partial charge in [-0.05, 0) is 28.8 Å². The second kappa shape index (κ2) is 5.58. The van der Waals surface area contributed by atoms with E-state index in [1.807, 2.05) is 0 Å². The molecule has 1 fully saturated rings. The van der Waals surface area contributed by atoms with Crippen LogP contribution in [-0.2, 0) is 11.3 Å². The summed E-state index contributed by atoms with van der Waals surface area (Å²) in [5.41, 5.74) is 1.32. The quantitative estimate of drug-likeness (QED) is 0.788. The SMILES string of the molecule is FC[C@H]1CN(Cc2ccsc2)CCCO1. The summed E-state index contributed by atoms with van der Waals surface area (Å²) in [5, 5.41) is 4.23. The van der Waals surface area contributed by atoms with Crippen molar-refractivity contribution in [3.63, 3.8) is 0 Å². The van der Waals surface area contributed by atoms with Crippen LogP contribution in [-0.4, -0.2) is 37.4 Å². The monoisotopic (exact) mass is 229 g/mol. The minimum atomic E-state index is -0.375. The van der Waals surface area contributed by atoms with Crippen molar-refractivity contribution in [2.75, 3.05) is 26.4 Å². The van der Waals surface area contributed by atoms with Crippen molar-refractivity contribution in [2.45, 2.75) is 19.1 Å². The number of rotatable bonds is 3. The molecule has 1 atom stereocenters. The van der Waals surface area contributed by atoms with Gasteiger partial charge in [-0.3, -0.25) is 4.90 Å². The molecule has 0 aliphatic carbocycles. The van der Waals surface area contributed by atoms with Gasteiger partial charge in [-0.1, -0.05) is 0 Å². The first-order chi connectivity index (χ1) is 7.38. The van der Waals surface area contributed by atoms with Crippen molar-refractivity contribution in [1.82, 2.24) is 4.90 Å². The molecule has 0 radical (unpaired) electrons. The van der Waals surface area contributed by atoms with E-state index in [2.05, 4.69) is 21.7 Å². The van der Waals surface area contributed by atoms with Crippen molar-refractivity contribution >= 4 is 11.3 Å². The van der Waals surface area contributed by atoms with Crippen LogP contribution in [0.25, 0.3) is 0 Å². The molecule has 4 heteroatoms. The maximum atomic E-state index is 12.6. The highest BCUT2D eigenvalue weighted by atomic mass is 32.1. The van der Waals surface area contributed by atoms with Gasteiger partial charge in [-0.25, -0.2) is 4.39 Å². The molecule has 2 rings (SSSR count). The average molecular weight is 229 g/mol. The molecular formula is C11H16FNOS. The molecule has 0 unspecified atom stereocenters. The first-order valence-electron chi connectivity index (χ1n) is 5.29.